The largest absolute Gasteiger partial charge is 0.341 e. The third-order valence-electron chi connectivity index (χ3n) is 2.33. The maximum atomic E-state index is 11.6. The Kier molecular flexibility index (Phi) is 4.26. The van der Waals surface area contributed by atoms with Gasteiger partial charge in [0, 0.05) is 17.8 Å². The zero-order valence-corrected chi connectivity index (χ0v) is 12.3. The van der Waals surface area contributed by atoms with Crippen molar-refractivity contribution < 1.29 is 4.79 Å². The van der Waals surface area contributed by atoms with Gasteiger partial charge < -0.3 is 16.0 Å². The standard InChI is InChI=1S/C11H12ClN5O2S/c1-5-3-6(12)4-7(14-5)15-10-8(9(18)17-20-10)16-11(19)13-2/h3-4H,1-2H3,(H,14,15)(H,17,18)(H2,13,16,19). The van der Waals surface area contributed by atoms with Crippen LogP contribution in [0, 0.1) is 6.92 Å². The van der Waals surface area contributed by atoms with Crippen molar-refractivity contribution in [3.05, 3.63) is 33.2 Å². The van der Waals surface area contributed by atoms with E-state index in [1.54, 1.807) is 19.1 Å². The van der Waals surface area contributed by atoms with E-state index in [1.807, 2.05) is 0 Å². The van der Waals surface area contributed by atoms with E-state index in [0.29, 0.717) is 15.8 Å². The lowest BCUT2D eigenvalue weighted by molar-refractivity contribution is 0.254. The summed E-state index contributed by atoms with van der Waals surface area (Å²) in [6.45, 7) is 1.81. The molecule has 0 bridgehead atoms. The fourth-order valence-electron chi connectivity index (χ4n) is 1.49. The van der Waals surface area contributed by atoms with Gasteiger partial charge in [0.1, 0.15) is 16.5 Å². The highest BCUT2D eigenvalue weighted by Gasteiger charge is 2.13. The van der Waals surface area contributed by atoms with Gasteiger partial charge in [-0.1, -0.05) is 11.6 Å². The zero-order valence-electron chi connectivity index (χ0n) is 10.7. The normalized spacial score (nSPS) is 10.2. The van der Waals surface area contributed by atoms with E-state index >= 15 is 0 Å². The number of H-pyrrole nitrogens is 1. The second kappa shape index (κ2) is 5.93. The lowest BCUT2D eigenvalue weighted by Gasteiger charge is -2.07. The number of halogens is 1. The first-order chi connectivity index (χ1) is 9.49. The molecule has 0 radical (unpaired) electrons. The van der Waals surface area contributed by atoms with Gasteiger partial charge in [-0.2, -0.15) is 0 Å². The Morgan fingerprint density at radius 2 is 2.20 bits per heavy atom. The molecule has 9 heteroatoms. The predicted octanol–water partition coefficient (Wildman–Crippen LogP) is 2.29. The second-order valence-corrected chi connectivity index (χ2v) is 5.13. The van der Waals surface area contributed by atoms with Crippen molar-refractivity contribution in [3.63, 3.8) is 0 Å². The van der Waals surface area contributed by atoms with Crippen molar-refractivity contribution in [2.45, 2.75) is 6.92 Å². The molecule has 0 atom stereocenters. The molecular weight excluding hydrogens is 302 g/mol. The number of amides is 2. The Labute approximate surface area is 123 Å². The molecule has 0 fully saturated rings. The van der Waals surface area contributed by atoms with Crippen LogP contribution in [-0.4, -0.2) is 22.4 Å². The van der Waals surface area contributed by atoms with Gasteiger partial charge in [0.15, 0.2) is 0 Å². The quantitative estimate of drug-likeness (QED) is 0.698. The van der Waals surface area contributed by atoms with Crippen molar-refractivity contribution in [1.29, 1.82) is 0 Å². The number of hydrogen-bond donors (Lipinski definition) is 4. The average molecular weight is 314 g/mol. The summed E-state index contributed by atoms with van der Waals surface area (Å²) < 4.78 is 2.54. The van der Waals surface area contributed by atoms with Gasteiger partial charge in [0.25, 0.3) is 5.56 Å². The number of nitrogens with zero attached hydrogens (tertiary/aromatic N) is 1. The molecule has 0 saturated carbocycles. The number of carbonyl (C=O) groups excluding carboxylic acids is 1. The van der Waals surface area contributed by atoms with E-state index in [2.05, 4.69) is 25.3 Å². The highest BCUT2D eigenvalue weighted by molar-refractivity contribution is 7.11. The number of hydrogen-bond acceptors (Lipinski definition) is 5. The summed E-state index contributed by atoms with van der Waals surface area (Å²) in [5.74, 6) is 0.491. The summed E-state index contributed by atoms with van der Waals surface area (Å²) in [5.41, 5.74) is 0.484. The molecule has 2 aromatic heterocycles. The SMILES string of the molecule is CNC(=O)Nc1c(Nc2cc(Cl)cc(C)n2)s[nH]c1=O. The predicted molar refractivity (Wildman–Crippen MR) is 80.3 cm³/mol. The van der Waals surface area contributed by atoms with Crippen LogP contribution in [0.25, 0.3) is 0 Å². The first-order valence-corrected chi connectivity index (χ1v) is 6.80. The van der Waals surface area contributed by atoms with Crippen LogP contribution < -0.4 is 21.5 Å². The van der Waals surface area contributed by atoms with Crippen LogP contribution in [-0.2, 0) is 0 Å². The van der Waals surface area contributed by atoms with Gasteiger partial charge in [0.05, 0.1) is 0 Å². The molecule has 106 valence electrons. The van der Waals surface area contributed by atoms with Crippen LogP contribution in [0.15, 0.2) is 16.9 Å². The molecule has 2 aromatic rings. The van der Waals surface area contributed by atoms with Crippen LogP contribution in [0.3, 0.4) is 0 Å². The Balaban J connectivity index is 2.29. The number of pyridine rings is 1. The molecule has 0 unspecified atom stereocenters. The first kappa shape index (κ1) is 14.4. The molecule has 2 heterocycles. The minimum Gasteiger partial charge on any atom is -0.341 e. The van der Waals surface area contributed by atoms with Crippen LogP contribution in [0.5, 0.6) is 0 Å². The van der Waals surface area contributed by atoms with Crippen molar-refractivity contribution >= 4 is 45.7 Å². The summed E-state index contributed by atoms with van der Waals surface area (Å²) in [5, 5.41) is 8.76. The molecule has 0 aromatic carbocycles. The van der Waals surface area contributed by atoms with Gasteiger partial charge in [0.2, 0.25) is 0 Å². The Morgan fingerprint density at radius 3 is 2.85 bits per heavy atom. The Hall–Kier alpha value is -2.06. The average Bonchev–Trinajstić information content (AvgIpc) is 2.70. The molecule has 0 spiro atoms. The van der Waals surface area contributed by atoms with E-state index in [9.17, 15) is 9.59 Å². The maximum absolute atomic E-state index is 11.6. The van der Waals surface area contributed by atoms with Gasteiger partial charge >= 0.3 is 6.03 Å². The fourth-order valence-corrected chi connectivity index (χ4v) is 2.45. The van der Waals surface area contributed by atoms with E-state index in [4.69, 9.17) is 11.6 Å². The van der Waals surface area contributed by atoms with E-state index in [-0.39, 0.29) is 11.2 Å². The zero-order chi connectivity index (χ0) is 14.7. The monoisotopic (exact) mass is 313 g/mol. The number of aryl methyl sites for hydroxylation is 1. The molecule has 2 rings (SSSR count). The van der Waals surface area contributed by atoms with Crippen molar-refractivity contribution in [3.8, 4) is 0 Å². The molecule has 0 aliphatic rings. The lowest BCUT2D eigenvalue weighted by Crippen LogP contribution is -2.27. The van der Waals surface area contributed by atoms with E-state index in [0.717, 1.165) is 17.2 Å². The van der Waals surface area contributed by atoms with Gasteiger partial charge in [-0.05, 0) is 30.6 Å². The number of rotatable bonds is 3. The fraction of sp³-hybridized carbons (Fsp3) is 0.182. The Bertz CT molecular complexity index is 676. The number of urea groups is 1. The summed E-state index contributed by atoms with van der Waals surface area (Å²) in [4.78, 5) is 27.2. The van der Waals surface area contributed by atoms with Crippen LogP contribution in [0.2, 0.25) is 5.02 Å². The minimum absolute atomic E-state index is 0.133. The van der Waals surface area contributed by atoms with Crippen molar-refractivity contribution in [2.24, 2.45) is 0 Å². The highest BCUT2D eigenvalue weighted by atomic mass is 35.5. The van der Waals surface area contributed by atoms with Crippen LogP contribution in [0.4, 0.5) is 21.3 Å². The topological polar surface area (TPSA) is 98.9 Å². The van der Waals surface area contributed by atoms with E-state index < -0.39 is 6.03 Å². The highest BCUT2D eigenvalue weighted by Crippen LogP contribution is 2.26. The third kappa shape index (κ3) is 3.28. The first-order valence-electron chi connectivity index (χ1n) is 5.61. The van der Waals surface area contributed by atoms with Gasteiger partial charge in [-0.3, -0.25) is 9.17 Å². The minimum atomic E-state index is -0.479. The van der Waals surface area contributed by atoms with E-state index in [1.165, 1.54) is 7.05 Å². The number of aromatic amines is 1. The molecule has 7 nitrogen and oxygen atoms in total. The molecular formula is C11H12ClN5O2S. The molecule has 2 amide bonds. The summed E-state index contributed by atoms with van der Waals surface area (Å²) >= 11 is 7.00. The van der Waals surface area contributed by atoms with Crippen LogP contribution in [0.1, 0.15) is 5.69 Å². The second-order valence-electron chi connectivity index (χ2n) is 3.88. The number of aromatic nitrogens is 2. The summed E-state index contributed by atoms with van der Waals surface area (Å²) in [6.07, 6.45) is 0. The number of carbonyl (C=O) groups is 1. The summed E-state index contributed by atoms with van der Waals surface area (Å²) in [7, 11) is 1.46. The molecule has 0 aliphatic heterocycles. The third-order valence-corrected chi connectivity index (χ3v) is 3.34. The Morgan fingerprint density at radius 1 is 1.45 bits per heavy atom. The van der Waals surface area contributed by atoms with Crippen molar-refractivity contribution in [2.75, 3.05) is 17.7 Å². The molecule has 4 N–H and O–H groups in total. The molecule has 20 heavy (non-hydrogen) atoms. The van der Waals surface area contributed by atoms with Crippen molar-refractivity contribution in [1.82, 2.24) is 14.7 Å². The van der Waals surface area contributed by atoms with Crippen LogP contribution >= 0.6 is 23.1 Å². The number of nitrogens with one attached hydrogen (secondary N) is 4. The maximum Gasteiger partial charge on any atom is 0.319 e. The molecule has 0 aliphatic carbocycles. The van der Waals surface area contributed by atoms with Gasteiger partial charge in [-0.15, -0.1) is 0 Å². The lowest BCUT2D eigenvalue weighted by atomic mass is 10.3. The number of anilines is 3. The summed E-state index contributed by atoms with van der Waals surface area (Å²) in [6, 6.07) is 2.87. The molecule has 0 saturated heterocycles. The van der Waals surface area contributed by atoms with Gasteiger partial charge in [-0.25, -0.2) is 9.78 Å². The smallest absolute Gasteiger partial charge is 0.319 e.